The van der Waals surface area contributed by atoms with Gasteiger partial charge in [-0.3, -0.25) is 9.36 Å². The fraction of sp³-hybridized carbons (Fsp3) is 0.480. The lowest BCUT2D eigenvalue weighted by atomic mass is 9.84. The molecule has 4 unspecified atom stereocenters. The zero-order chi connectivity index (χ0) is 23.7. The molecule has 0 saturated heterocycles. The fourth-order valence-electron chi connectivity index (χ4n) is 5.63. The van der Waals surface area contributed by atoms with Crippen LogP contribution in [0.3, 0.4) is 0 Å². The maximum atomic E-state index is 12.7. The second-order valence-electron chi connectivity index (χ2n) is 9.14. The quantitative estimate of drug-likeness (QED) is 0.415. The highest BCUT2D eigenvalue weighted by molar-refractivity contribution is 7.99. The first-order valence-electron chi connectivity index (χ1n) is 11.7. The molecule has 180 valence electrons. The summed E-state index contributed by atoms with van der Waals surface area (Å²) < 4.78 is 18.4. The van der Waals surface area contributed by atoms with Crippen molar-refractivity contribution in [1.29, 1.82) is 0 Å². The van der Waals surface area contributed by atoms with Gasteiger partial charge in [0.25, 0.3) is 0 Å². The molecule has 0 radical (unpaired) electrons. The Morgan fingerprint density at radius 3 is 2.74 bits per heavy atom. The van der Waals surface area contributed by atoms with Crippen LogP contribution in [0.4, 0.5) is 5.69 Å². The van der Waals surface area contributed by atoms with Crippen molar-refractivity contribution < 1.29 is 18.7 Å². The second kappa shape index (κ2) is 9.74. The molecule has 2 aliphatic rings. The van der Waals surface area contributed by atoms with E-state index in [0.29, 0.717) is 28.9 Å². The third kappa shape index (κ3) is 4.41. The van der Waals surface area contributed by atoms with Crippen molar-refractivity contribution in [3.8, 4) is 23.1 Å². The maximum absolute atomic E-state index is 12.7. The third-order valence-corrected chi connectivity index (χ3v) is 8.17. The van der Waals surface area contributed by atoms with E-state index in [1.165, 1.54) is 37.4 Å². The monoisotopic (exact) mass is 482 g/mol. The van der Waals surface area contributed by atoms with Crippen molar-refractivity contribution in [2.45, 2.75) is 43.8 Å². The number of carbonyl (C=O) groups excluding carboxylic acids is 1. The first-order valence-corrected chi connectivity index (χ1v) is 12.7. The Balaban J connectivity index is 1.32. The van der Waals surface area contributed by atoms with E-state index in [1.54, 1.807) is 38.7 Å². The predicted molar refractivity (Wildman–Crippen MR) is 130 cm³/mol. The van der Waals surface area contributed by atoms with Crippen molar-refractivity contribution in [2.24, 2.45) is 17.8 Å². The highest BCUT2D eigenvalue weighted by Crippen LogP contribution is 2.53. The van der Waals surface area contributed by atoms with Gasteiger partial charge in [-0.05, 0) is 68.2 Å². The molecule has 1 aromatic carbocycles. The minimum atomic E-state index is -0.126. The number of hydrogen-bond acceptors (Lipinski definition) is 7. The van der Waals surface area contributed by atoms with E-state index in [-0.39, 0.29) is 17.7 Å². The number of aromatic nitrogens is 3. The smallest absolute Gasteiger partial charge is 0.234 e. The van der Waals surface area contributed by atoms with Gasteiger partial charge in [0, 0.05) is 17.8 Å². The summed E-state index contributed by atoms with van der Waals surface area (Å²) in [7, 11) is 3.15. The minimum Gasteiger partial charge on any atom is -0.493 e. The summed E-state index contributed by atoms with van der Waals surface area (Å²) in [5.41, 5.74) is 0.649. The van der Waals surface area contributed by atoms with Crippen molar-refractivity contribution in [3.05, 3.63) is 36.6 Å². The van der Waals surface area contributed by atoms with Crippen LogP contribution in [0.15, 0.2) is 46.2 Å². The molecular weight excluding hydrogens is 452 g/mol. The average Bonchev–Trinajstić information content (AvgIpc) is 3.65. The number of thioether (sulfide) groups is 1. The van der Waals surface area contributed by atoms with E-state index < -0.39 is 0 Å². The standard InChI is InChI=1S/C25H30N4O4S/c1-15(19-12-16-6-7-17(19)11-16)29-24(21-5-4-10-33-21)27-28-25(29)34-14-23(30)26-18-8-9-20(31-2)22(13-18)32-3/h4-5,8-10,13,15-17,19H,6-7,11-12,14H2,1-3H3,(H,26,30). The zero-order valence-corrected chi connectivity index (χ0v) is 20.5. The molecule has 2 saturated carbocycles. The zero-order valence-electron chi connectivity index (χ0n) is 19.7. The molecule has 2 fully saturated rings. The molecule has 1 amide bonds. The normalized spacial score (nSPS) is 22.0. The Morgan fingerprint density at radius 2 is 2.06 bits per heavy atom. The number of carbonyl (C=O) groups is 1. The number of fused-ring (bicyclic) bond motifs is 2. The van der Waals surface area contributed by atoms with Gasteiger partial charge in [0.1, 0.15) is 0 Å². The van der Waals surface area contributed by atoms with E-state index in [2.05, 4.69) is 27.0 Å². The average molecular weight is 483 g/mol. The van der Waals surface area contributed by atoms with E-state index in [9.17, 15) is 4.79 Å². The van der Waals surface area contributed by atoms with Crippen LogP contribution >= 0.6 is 11.8 Å². The first-order chi connectivity index (χ1) is 16.6. The van der Waals surface area contributed by atoms with E-state index >= 15 is 0 Å². The van der Waals surface area contributed by atoms with Gasteiger partial charge in [-0.25, -0.2) is 0 Å². The third-order valence-electron chi connectivity index (χ3n) is 7.23. The molecule has 4 atom stereocenters. The molecule has 3 aromatic rings. The maximum Gasteiger partial charge on any atom is 0.234 e. The number of furan rings is 1. The lowest BCUT2D eigenvalue weighted by Gasteiger charge is -2.30. The van der Waals surface area contributed by atoms with E-state index in [4.69, 9.17) is 13.9 Å². The minimum absolute atomic E-state index is 0.126. The number of amides is 1. The first kappa shape index (κ1) is 22.8. The van der Waals surface area contributed by atoms with Gasteiger partial charge in [0.05, 0.1) is 26.2 Å². The fourth-order valence-corrected chi connectivity index (χ4v) is 6.46. The Hall–Kier alpha value is -2.94. The Bertz CT molecular complexity index is 1150. The number of methoxy groups -OCH3 is 2. The van der Waals surface area contributed by atoms with Crippen molar-refractivity contribution >= 4 is 23.4 Å². The molecular formula is C25H30N4O4S. The van der Waals surface area contributed by atoms with Gasteiger partial charge in [0.15, 0.2) is 22.4 Å². The van der Waals surface area contributed by atoms with Gasteiger partial charge in [-0.15, -0.1) is 10.2 Å². The topological polar surface area (TPSA) is 91.4 Å². The molecule has 2 bridgehead atoms. The van der Waals surface area contributed by atoms with Crippen LogP contribution in [0.25, 0.3) is 11.6 Å². The number of benzene rings is 1. The van der Waals surface area contributed by atoms with Crippen LogP contribution in [-0.2, 0) is 4.79 Å². The number of hydrogen-bond donors (Lipinski definition) is 1. The Morgan fingerprint density at radius 1 is 1.21 bits per heavy atom. The predicted octanol–water partition coefficient (Wildman–Crippen LogP) is 5.28. The van der Waals surface area contributed by atoms with Crippen LogP contribution in [0.2, 0.25) is 0 Å². The molecule has 8 nitrogen and oxygen atoms in total. The van der Waals surface area contributed by atoms with Gasteiger partial charge in [0.2, 0.25) is 11.7 Å². The summed E-state index contributed by atoms with van der Waals surface area (Å²) >= 11 is 1.40. The molecule has 9 heteroatoms. The number of ether oxygens (including phenoxy) is 2. The second-order valence-corrected chi connectivity index (χ2v) is 10.1. The number of anilines is 1. The highest BCUT2D eigenvalue weighted by Gasteiger charge is 2.43. The van der Waals surface area contributed by atoms with Crippen LogP contribution in [0.5, 0.6) is 11.5 Å². The van der Waals surface area contributed by atoms with E-state index in [1.807, 2.05) is 12.1 Å². The van der Waals surface area contributed by atoms with Crippen LogP contribution in [-0.4, -0.2) is 40.6 Å². The van der Waals surface area contributed by atoms with Gasteiger partial charge in [-0.1, -0.05) is 18.2 Å². The summed E-state index contributed by atoms with van der Waals surface area (Å²) in [5.74, 6) is 4.91. The highest BCUT2D eigenvalue weighted by atomic mass is 32.2. The lowest BCUT2D eigenvalue weighted by molar-refractivity contribution is -0.113. The molecule has 2 aliphatic carbocycles. The molecule has 5 rings (SSSR count). The summed E-state index contributed by atoms with van der Waals surface area (Å²) in [6.45, 7) is 2.26. The van der Waals surface area contributed by atoms with Gasteiger partial charge < -0.3 is 19.2 Å². The van der Waals surface area contributed by atoms with Crippen molar-refractivity contribution in [2.75, 3.05) is 25.3 Å². The molecule has 34 heavy (non-hydrogen) atoms. The Kier molecular flexibility index (Phi) is 6.54. The molecule has 2 heterocycles. The lowest BCUT2D eigenvalue weighted by Crippen LogP contribution is -2.23. The van der Waals surface area contributed by atoms with Gasteiger partial charge >= 0.3 is 0 Å². The molecule has 1 N–H and O–H groups in total. The van der Waals surface area contributed by atoms with Crippen LogP contribution in [0.1, 0.15) is 38.6 Å². The molecule has 0 aliphatic heterocycles. The number of rotatable bonds is 9. The van der Waals surface area contributed by atoms with Crippen molar-refractivity contribution in [1.82, 2.24) is 14.8 Å². The summed E-state index contributed by atoms with van der Waals surface area (Å²) in [4.78, 5) is 12.7. The van der Waals surface area contributed by atoms with Crippen LogP contribution < -0.4 is 14.8 Å². The largest absolute Gasteiger partial charge is 0.493 e. The molecule has 2 aromatic heterocycles. The molecule has 0 spiro atoms. The van der Waals surface area contributed by atoms with E-state index in [0.717, 1.165) is 22.8 Å². The van der Waals surface area contributed by atoms with Crippen molar-refractivity contribution in [3.63, 3.8) is 0 Å². The number of nitrogens with one attached hydrogen (secondary N) is 1. The summed E-state index contributed by atoms with van der Waals surface area (Å²) in [5, 5.41) is 12.6. The summed E-state index contributed by atoms with van der Waals surface area (Å²) in [6.07, 6.45) is 6.92. The summed E-state index contributed by atoms with van der Waals surface area (Å²) in [6, 6.07) is 9.31. The Labute approximate surface area is 203 Å². The number of nitrogens with zero attached hydrogens (tertiary/aromatic N) is 3. The SMILES string of the molecule is COc1ccc(NC(=O)CSc2nnc(-c3ccco3)n2C(C)C2CC3CCC2C3)cc1OC. The van der Waals surface area contributed by atoms with Gasteiger partial charge in [-0.2, -0.15) is 0 Å². The van der Waals surface area contributed by atoms with Crippen LogP contribution in [0, 0.1) is 17.8 Å².